The summed E-state index contributed by atoms with van der Waals surface area (Å²) in [6, 6.07) is 9.17. The van der Waals surface area contributed by atoms with Gasteiger partial charge in [-0.25, -0.2) is 0 Å². The lowest BCUT2D eigenvalue weighted by molar-refractivity contribution is -0.127. The van der Waals surface area contributed by atoms with Gasteiger partial charge in [0.05, 0.1) is 4.91 Å². The fourth-order valence-electron chi connectivity index (χ4n) is 1.49. The fraction of sp³-hybridized carbons (Fsp3) is 0.0833. The number of carbonyl (C=O) groups excluding carboxylic acids is 3. The maximum Gasteiger partial charge on any atom is 0.294 e. The van der Waals surface area contributed by atoms with Gasteiger partial charge in [-0.1, -0.05) is 30.3 Å². The summed E-state index contributed by atoms with van der Waals surface area (Å²) in [5.41, 5.74) is 5.80. The lowest BCUT2D eigenvalue weighted by Crippen LogP contribution is -2.36. The predicted molar refractivity (Wildman–Crippen MR) is 68.3 cm³/mol. The number of nitrogens with two attached hydrogens (primary N) is 1. The van der Waals surface area contributed by atoms with Gasteiger partial charge in [-0.15, -0.1) is 0 Å². The SMILES string of the molecule is NC(=O)CN1C(=O)S/C(=C/c2ccccc2)C1=O. The molecule has 18 heavy (non-hydrogen) atoms. The van der Waals surface area contributed by atoms with Crippen molar-refractivity contribution in [1.82, 2.24) is 4.90 Å². The highest BCUT2D eigenvalue weighted by molar-refractivity contribution is 8.18. The third-order valence-electron chi connectivity index (χ3n) is 2.28. The first-order valence-electron chi connectivity index (χ1n) is 5.16. The van der Waals surface area contributed by atoms with Gasteiger partial charge in [-0.05, 0) is 23.4 Å². The molecule has 0 saturated carbocycles. The van der Waals surface area contributed by atoms with Crippen molar-refractivity contribution in [2.75, 3.05) is 6.54 Å². The molecular weight excluding hydrogens is 252 g/mol. The van der Waals surface area contributed by atoms with E-state index in [9.17, 15) is 14.4 Å². The van der Waals surface area contributed by atoms with E-state index in [0.29, 0.717) is 4.91 Å². The summed E-state index contributed by atoms with van der Waals surface area (Å²) in [5, 5.41) is -0.471. The molecule has 0 radical (unpaired) electrons. The Morgan fingerprint density at radius 2 is 1.94 bits per heavy atom. The second-order valence-electron chi connectivity index (χ2n) is 3.64. The van der Waals surface area contributed by atoms with Crippen molar-refractivity contribution in [2.45, 2.75) is 0 Å². The Hall–Kier alpha value is -2.08. The third-order valence-corrected chi connectivity index (χ3v) is 3.19. The molecule has 1 heterocycles. The standard InChI is InChI=1S/C12H10N2O3S/c13-10(15)7-14-11(16)9(18-12(14)17)6-8-4-2-1-3-5-8/h1-6H,7H2,(H2,13,15)/b9-6+. The van der Waals surface area contributed by atoms with Crippen molar-refractivity contribution >= 4 is 34.9 Å². The number of hydrogen-bond acceptors (Lipinski definition) is 4. The molecule has 1 aliphatic rings. The molecule has 0 spiro atoms. The van der Waals surface area contributed by atoms with Crippen molar-refractivity contribution in [3.05, 3.63) is 40.8 Å². The lowest BCUT2D eigenvalue weighted by atomic mass is 10.2. The lowest BCUT2D eigenvalue weighted by Gasteiger charge is -2.08. The molecule has 1 aromatic carbocycles. The number of carbonyl (C=O) groups is 3. The second-order valence-corrected chi connectivity index (χ2v) is 4.64. The van der Waals surface area contributed by atoms with Gasteiger partial charge >= 0.3 is 0 Å². The van der Waals surface area contributed by atoms with E-state index in [1.807, 2.05) is 30.3 Å². The van der Waals surface area contributed by atoms with E-state index < -0.39 is 17.1 Å². The van der Waals surface area contributed by atoms with Crippen LogP contribution in [-0.2, 0) is 9.59 Å². The molecule has 0 bridgehead atoms. The highest BCUT2D eigenvalue weighted by atomic mass is 32.2. The van der Waals surface area contributed by atoms with Crippen LogP contribution in [0.25, 0.3) is 6.08 Å². The summed E-state index contributed by atoms with van der Waals surface area (Å²) in [6.07, 6.45) is 1.62. The van der Waals surface area contributed by atoms with E-state index >= 15 is 0 Å². The molecule has 92 valence electrons. The van der Waals surface area contributed by atoms with Crippen LogP contribution in [0.2, 0.25) is 0 Å². The van der Waals surface area contributed by atoms with Crippen LogP contribution in [0.5, 0.6) is 0 Å². The van der Waals surface area contributed by atoms with E-state index in [1.165, 1.54) is 0 Å². The van der Waals surface area contributed by atoms with E-state index in [-0.39, 0.29) is 6.54 Å². The topological polar surface area (TPSA) is 80.5 Å². The first-order valence-corrected chi connectivity index (χ1v) is 5.98. The average molecular weight is 262 g/mol. The zero-order valence-electron chi connectivity index (χ0n) is 9.33. The number of imide groups is 1. The molecule has 3 amide bonds. The molecule has 1 saturated heterocycles. The normalized spacial score (nSPS) is 17.6. The van der Waals surface area contributed by atoms with Gasteiger partial charge in [0.1, 0.15) is 6.54 Å². The van der Waals surface area contributed by atoms with Crippen molar-refractivity contribution < 1.29 is 14.4 Å². The monoisotopic (exact) mass is 262 g/mol. The van der Waals surface area contributed by atoms with Gasteiger partial charge in [-0.2, -0.15) is 0 Å². The molecule has 1 aliphatic heterocycles. The van der Waals surface area contributed by atoms with Crippen molar-refractivity contribution in [3.8, 4) is 0 Å². The number of rotatable bonds is 3. The molecule has 0 atom stereocenters. The van der Waals surface area contributed by atoms with Crippen molar-refractivity contribution in [1.29, 1.82) is 0 Å². The number of hydrogen-bond donors (Lipinski definition) is 1. The van der Waals surface area contributed by atoms with Crippen LogP contribution < -0.4 is 5.73 Å². The molecule has 0 unspecified atom stereocenters. The Morgan fingerprint density at radius 1 is 1.28 bits per heavy atom. The minimum atomic E-state index is -0.710. The van der Waals surface area contributed by atoms with Crippen LogP contribution in [0, 0.1) is 0 Å². The van der Waals surface area contributed by atoms with Gasteiger partial charge in [0.2, 0.25) is 5.91 Å². The number of benzene rings is 1. The molecule has 1 fully saturated rings. The summed E-state index contributed by atoms with van der Waals surface area (Å²) in [5.74, 6) is -1.19. The summed E-state index contributed by atoms with van der Waals surface area (Å²) in [7, 11) is 0. The second kappa shape index (κ2) is 5.05. The Morgan fingerprint density at radius 3 is 2.56 bits per heavy atom. The molecular formula is C12H10N2O3S. The molecule has 2 N–H and O–H groups in total. The van der Waals surface area contributed by atoms with E-state index in [1.54, 1.807) is 6.08 Å². The smallest absolute Gasteiger partial charge is 0.294 e. The maximum absolute atomic E-state index is 11.9. The number of nitrogens with zero attached hydrogens (tertiary/aromatic N) is 1. The van der Waals surface area contributed by atoms with Crippen LogP contribution in [0.4, 0.5) is 4.79 Å². The minimum Gasteiger partial charge on any atom is -0.368 e. The summed E-state index contributed by atoms with van der Waals surface area (Å²) in [6.45, 7) is -0.378. The van der Waals surface area contributed by atoms with Crippen LogP contribution in [0.15, 0.2) is 35.2 Å². The van der Waals surface area contributed by atoms with Crippen molar-refractivity contribution in [2.24, 2.45) is 5.73 Å². The molecule has 6 heteroatoms. The predicted octanol–water partition coefficient (Wildman–Crippen LogP) is 1.21. The maximum atomic E-state index is 11.9. The zero-order chi connectivity index (χ0) is 13.1. The number of thioether (sulfide) groups is 1. The van der Waals surface area contributed by atoms with Crippen molar-refractivity contribution in [3.63, 3.8) is 0 Å². The van der Waals surface area contributed by atoms with Crippen LogP contribution in [0.1, 0.15) is 5.56 Å². The van der Waals surface area contributed by atoms with Gasteiger partial charge in [-0.3, -0.25) is 19.3 Å². The van der Waals surface area contributed by atoms with Crippen LogP contribution >= 0.6 is 11.8 Å². The highest BCUT2D eigenvalue weighted by Crippen LogP contribution is 2.31. The number of amides is 3. The molecule has 0 aromatic heterocycles. The summed E-state index contributed by atoms with van der Waals surface area (Å²) < 4.78 is 0. The molecule has 2 rings (SSSR count). The summed E-state index contributed by atoms with van der Waals surface area (Å²) >= 11 is 0.809. The first-order chi connectivity index (χ1) is 8.58. The van der Waals surface area contributed by atoms with Gasteiger partial charge in [0.25, 0.3) is 11.1 Å². The summed E-state index contributed by atoms with van der Waals surface area (Å²) in [4.78, 5) is 35.3. The minimum absolute atomic E-state index is 0.299. The first kappa shape index (κ1) is 12.4. The van der Waals surface area contributed by atoms with E-state index in [2.05, 4.69) is 0 Å². The van der Waals surface area contributed by atoms with Crippen LogP contribution in [0.3, 0.4) is 0 Å². The fourth-order valence-corrected chi connectivity index (χ4v) is 2.33. The van der Waals surface area contributed by atoms with Gasteiger partial charge in [0, 0.05) is 0 Å². The molecule has 0 aliphatic carbocycles. The zero-order valence-corrected chi connectivity index (χ0v) is 10.1. The Bertz CT molecular complexity index is 540. The molecule has 1 aromatic rings. The van der Waals surface area contributed by atoms with E-state index in [0.717, 1.165) is 22.2 Å². The average Bonchev–Trinajstić information content (AvgIpc) is 2.58. The van der Waals surface area contributed by atoms with Crippen LogP contribution in [-0.4, -0.2) is 28.5 Å². The Labute approximate surface area is 108 Å². The highest BCUT2D eigenvalue weighted by Gasteiger charge is 2.35. The molecule has 5 nitrogen and oxygen atoms in total. The van der Waals surface area contributed by atoms with Gasteiger partial charge < -0.3 is 5.73 Å². The number of primary amides is 1. The Balaban J connectivity index is 2.23. The quantitative estimate of drug-likeness (QED) is 0.830. The third kappa shape index (κ3) is 2.60. The van der Waals surface area contributed by atoms with E-state index in [4.69, 9.17) is 5.73 Å². The van der Waals surface area contributed by atoms with Gasteiger partial charge in [0.15, 0.2) is 0 Å². The largest absolute Gasteiger partial charge is 0.368 e. The Kier molecular flexibility index (Phi) is 3.47.